The van der Waals surface area contributed by atoms with Gasteiger partial charge in [0.25, 0.3) is 11.7 Å². The number of ketones is 1. The van der Waals surface area contributed by atoms with Gasteiger partial charge < -0.3 is 54.6 Å². The summed E-state index contributed by atoms with van der Waals surface area (Å²) in [4.78, 5) is 46.2. The number of alkyl halides is 2. The molecule has 1 amide bonds. The highest BCUT2D eigenvalue weighted by molar-refractivity contribution is 9.12. The van der Waals surface area contributed by atoms with Gasteiger partial charge in [-0.15, -0.1) is 0 Å². The number of phenols is 3. The number of aliphatic hydroxyl groups excluding tert-OH is 2. The van der Waals surface area contributed by atoms with Gasteiger partial charge in [-0.05, 0) is 39.2 Å². The van der Waals surface area contributed by atoms with E-state index in [0.29, 0.717) is 11.2 Å². The van der Waals surface area contributed by atoms with Crippen LogP contribution in [-0.2, 0) is 28.6 Å². The Hall–Kier alpha value is -4.16. The number of rotatable bonds is 10. The molecule has 0 spiro atoms. The van der Waals surface area contributed by atoms with Crippen LogP contribution in [0.15, 0.2) is 41.3 Å². The summed E-state index contributed by atoms with van der Waals surface area (Å²) in [6.07, 6.45) is 6.93. The number of methoxy groups -OCH3 is 1. The Kier molecular flexibility index (Phi) is 17.3. The Bertz CT molecular complexity index is 2070. The molecular weight excluding hydrogens is 924 g/mol. The highest BCUT2D eigenvalue weighted by atomic mass is 79.9. The minimum Gasteiger partial charge on any atom is -0.507 e. The number of Topliss-reactive ketones (excluding diaryl/α,β-unsaturated/α-hetero) is 1. The number of nitrogens with one attached hydrogen (secondary N) is 1. The van der Waals surface area contributed by atoms with Gasteiger partial charge in [0, 0.05) is 71.3 Å². The zero-order valence-corrected chi connectivity index (χ0v) is 39.1. The topological polar surface area (TPSA) is 223 Å². The number of amides is 1. The van der Waals surface area contributed by atoms with Crippen molar-refractivity contribution in [2.24, 2.45) is 28.8 Å². The summed E-state index contributed by atoms with van der Waals surface area (Å²) in [6.45, 7) is 12.7. The highest BCUT2D eigenvalue weighted by Gasteiger charge is 2.50. The molecule has 0 fully saturated rings. The molecule has 3 aliphatic heterocycles. The molecule has 6 N–H and O–H groups in total. The number of allylic oxidation sites excluding steroid dienone is 2. The molecule has 3 heterocycles. The van der Waals surface area contributed by atoms with Gasteiger partial charge in [-0.2, -0.15) is 0 Å². The fraction of sp³-hybridized carbons (Fsp3) is 0.545. The predicted molar refractivity (Wildman–Crippen MR) is 238 cm³/mol. The Morgan fingerprint density at radius 1 is 1.00 bits per heavy atom. The molecule has 10 atom stereocenters. The average Bonchev–Trinajstić information content (AvgIpc) is 3.49. The fourth-order valence-corrected chi connectivity index (χ4v) is 8.27. The van der Waals surface area contributed by atoms with E-state index in [2.05, 4.69) is 42.3 Å². The third kappa shape index (κ3) is 10.9. The number of oxime groups is 1. The summed E-state index contributed by atoms with van der Waals surface area (Å²) in [5.74, 6) is -8.64. The van der Waals surface area contributed by atoms with E-state index in [1.807, 2.05) is 0 Å². The monoisotopic (exact) mass is 980 g/mol. The number of ether oxygens (including phenoxy) is 4. The second-order valence-electron chi connectivity index (χ2n) is 15.9. The summed E-state index contributed by atoms with van der Waals surface area (Å²) in [5, 5.41) is 65.0. The number of halogens is 2. The first-order valence-corrected chi connectivity index (χ1v) is 22.2. The molecule has 3 aliphatic rings. The Labute approximate surface area is 373 Å². The number of unbranched alkanes of at least 4 members (excludes halogenated alkanes) is 1. The Balaban J connectivity index is 1.91. The number of aliphatic hydroxyl groups is 2. The number of anilines is 1. The molecule has 17 heteroatoms. The van der Waals surface area contributed by atoms with Gasteiger partial charge in [0.1, 0.15) is 30.0 Å². The molecule has 336 valence electrons. The van der Waals surface area contributed by atoms with Crippen LogP contribution in [0.25, 0.3) is 10.8 Å². The molecule has 2 aromatic rings. The van der Waals surface area contributed by atoms with Crippen molar-refractivity contribution in [2.75, 3.05) is 24.4 Å². The Morgan fingerprint density at radius 3 is 2.33 bits per heavy atom. The highest BCUT2D eigenvalue weighted by Crippen LogP contribution is 2.55. The standard InChI is InChI=1S/C44H58Br2N2O13/c1-21-13-12-14-22(2)43(56)48-34-29(20-47-59-17-11-10-15-28(46)19-45)38(53)31-32(39(34)54)37(52)26(6)41-33(31)42(55)44(8,61-41)58-18-16-30(57-9)23(3)40(60-27(7)49)25(5)36(51)24(4)35(21)50/h12-14,16,18,20-21,23-25,28,30,35-36,40,50-54H,10-11,15,17,19H2,1-9H3,(H,48,56)/b13-12+,18-16+,22-14+,47-20+. The summed E-state index contributed by atoms with van der Waals surface area (Å²) < 4.78 is 23.5. The number of esters is 1. The number of phenolic OH excluding ortho intramolecular Hbond substituents is 3. The van der Waals surface area contributed by atoms with Crippen molar-refractivity contribution in [3.8, 4) is 23.0 Å². The summed E-state index contributed by atoms with van der Waals surface area (Å²) >= 11 is 7.00. The second-order valence-corrected chi connectivity index (χ2v) is 17.9. The molecule has 5 rings (SSSR count). The molecule has 61 heavy (non-hydrogen) atoms. The van der Waals surface area contributed by atoms with Gasteiger partial charge >= 0.3 is 11.8 Å². The number of benzene rings is 2. The van der Waals surface area contributed by atoms with Crippen molar-refractivity contribution in [1.29, 1.82) is 0 Å². The zero-order chi connectivity index (χ0) is 45.5. The maximum absolute atomic E-state index is 14.4. The van der Waals surface area contributed by atoms with Gasteiger partial charge in [-0.25, -0.2) is 0 Å². The van der Waals surface area contributed by atoms with Crippen LogP contribution in [0, 0.1) is 30.6 Å². The van der Waals surface area contributed by atoms with Gasteiger partial charge in [-0.3, -0.25) is 14.4 Å². The number of carbonyl (C=O) groups excluding carboxylic acids is 3. The lowest BCUT2D eigenvalue weighted by molar-refractivity contribution is -0.160. The molecule has 5 bridgehead atoms. The van der Waals surface area contributed by atoms with Gasteiger partial charge in [0.05, 0.1) is 53.0 Å². The van der Waals surface area contributed by atoms with Crippen LogP contribution in [0.4, 0.5) is 5.69 Å². The maximum Gasteiger partial charge on any atom is 0.312 e. The van der Waals surface area contributed by atoms with E-state index in [9.17, 15) is 39.9 Å². The quantitative estimate of drug-likeness (QED) is 0.0260. The average molecular weight is 983 g/mol. The van der Waals surface area contributed by atoms with Crippen LogP contribution in [0.5, 0.6) is 23.0 Å². The Morgan fingerprint density at radius 2 is 1.69 bits per heavy atom. The van der Waals surface area contributed by atoms with Crippen LogP contribution in [0.1, 0.15) is 89.2 Å². The van der Waals surface area contributed by atoms with Crippen molar-refractivity contribution < 1.29 is 63.7 Å². The second kappa shape index (κ2) is 21.3. The van der Waals surface area contributed by atoms with Crippen LogP contribution < -0.4 is 10.1 Å². The van der Waals surface area contributed by atoms with Crippen LogP contribution in [0.3, 0.4) is 0 Å². The molecule has 2 aromatic carbocycles. The lowest BCUT2D eigenvalue weighted by atomic mass is 9.78. The van der Waals surface area contributed by atoms with Crippen molar-refractivity contribution in [3.63, 3.8) is 0 Å². The van der Waals surface area contributed by atoms with Gasteiger partial charge in [0.2, 0.25) is 0 Å². The van der Waals surface area contributed by atoms with E-state index >= 15 is 0 Å². The lowest BCUT2D eigenvalue weighted by Crippen LogP contribution is -2.46. The van der Waals surface area contributed by atoms with Crippen LogP contribution in [-0.4, -0.2) is 103 Å². The SMILES string of the molecule is COC1/C=C/OC2(C)Oc3c(C)c(O)c4c(O)c(c(/C=N/OCCCCC(Br)CBr)c(O)c4c3C2=O)NC(=O)/C(C)=C/C=C/C(C)C(O)C(C)C(O)C(C)C(OC(C)=O)C1C. The molecule has 0 radical (unpaired) electrons. The van der Waals surface area contributed by atoms with Crippen molar-refractivity contribution in [2.45, 2.75) is 110 Å². The number of fused-ring (bicyclic) bond motifs is 14. The van der Waals surface area contributed by atoms with E-state index in [-0.39, 0.29) is 51.1 Å². The maximum atomic E-state index is 14.4. The van der Waals surface area contributed by atoms with E-state index in [1.54, 1.807) is 39.8 Å². The summed E-state index contributed by atoms with van der Waals surface area (Å²) in [7, 11) is 1.43. The fourth-order valence-electron chi connectivity index (χ4n) is 7.62. The van der Waals surface area contributed by atoms with E-state index < -0.39 is 88.8 Å². The lowest BCUT2D eigenvalue weighted by Gasteiger charge is -2.38. The van der Waals surface area contributed by atoms with E-state index in [0.717, 1.165) is 24.4 Å². The third-order valence-electron chi connectivity index (χ3n) is 11.5. The molecule has 0 saturated heterocycles. The van der Waals surface area contributed by atoms with Gasteiger partial charge in [0.15, 0.2) is 5.75 Å². The molecule has 0 aliphatic carbocycles. The number of nitrogens with zero attached hydrogens (tertiary/aromatic N) is 1. The first kappa shape index (κ1) is 49.5. The van der Waals surface area contributed by atoms with Crippen LogP contribution in [0.2, 0.25) is 0 Å². The minimum atomic E-state index is -2.06. The first-order valence-electron chi connectivity index (χ1n) is 20.1. The summed E-state index contributed by atoms with van der Waals surface area (Å²) in [5.41, 5.74) is -0.600. The first-order chi connectivity index (χ1) is 28.7. The summed E-state index contributed by atoms with van der Waals surface area (Å²) in [6, 6.07) is 0. The van der Waals surface area contributed by atoms with E-state index in [1.165, 1.54) is 53.2 Å². The van der Waals surface area contributed by atoms with Crippen molar-refractivity contribution in [1.82, 2.24) is 0 Å². The minimum absolute atomic E-state index is 0.0342. The van der Waals surface area contributed by atoms with Crippen LogP contribution >= 0.6 is 31.9 Å². The van der Waals surface area contributed by atoms with Crippen molar-refractivity contribution >= 4 is 72.2 Å². The molecule has 15 nitrogen and oxygen atoms in total. The normalized spacial score (nSPS) is 30.0. The molecule has 10 unspecified atom stereocenters. The molecular formula is C44H58Br2N2O13. The number of hydrogen-bond acceptors (Lipinski definition) is 14. The van der Waals surface area contributed by atoms with E-state index in [4.69, 9.17) is 23.8 Å². The molecule has 0 aromatic heterocycles. The van der Waals surface area contributed by atoms with Gasteiger partial charge in [-0.1, -0.05) is 82.9 Å². The zero-order valence-electron chi connectivity index (χ0n) is 35.9. The molecule has 0 saturated carbocycles. The predicted octanol–water partition coefficient (Wildman–Crippen LogP) is 7.43. The number of hydrogen-bond donors (Lipinski definition) is 6. The third-order valence-corrected chi connectivity index (χ3v) is 13.9. The smallest absolute Gasteiger partial charge is 0.312 e. The van der Waals surface area contributed by atoms with Crippen molar-refractivity contribution in [3.05, 3.63) is 52.8 Å². The number of aromatic hydroxyl groups is 3. The largest absolute Gasteiger partial charge is 0.507 e. The number of carbonyl (C=O) groups is 3.